The van der Waals surface area contributed by atoms with Crippen LogP contribution in [0.2, 0.25) is 0 Å². The maximum Gasteiger partial charge on any atom is 0.387 e. The minimum absolute atomic E-state index is 0.0669. The molecule has 1 aliphatic heterocycles. The lowest BCUT2D eigenvalue weighted by atomic mass is 10.1. The zero-order valence-electron chi connectivity index (χ0n) is 16.4. The second-order valence-corrected chi connectivity index (χ2v) is 6.67. The lowest BCUT2D eigenvalue weighted by molar-refractivity contribution is -0.147. The third kappa shape index (κ3) is 5.41. The average molecular weight is 432 g/mol. The van der Waals surface area contributed by atoms with Gasteiger partial charge in [-0.3, -0.25) is 24.1 Å². The summed E-state index contributed by atoms with van der Waals surface area (Å²) in [7, 11) is 0. The molecule has 0 bridgehead atoms. The number of amides is 3. The fourth-order valence-electron chi connectivity index (χ4n) is 2.95. The van der Waals surface area contributed by atoms with Gasteiger partial charge in [-0.25, -0.2) is 0 Å². The monoisotopic (exact) mass is 432 g/mol. The van der Waals surface area contributed by atoms with Gasteiger partial charge in [0.2, 0.25) is 0 Å². The third-order valence-corrected chi connectivity index (χ3v) is 4.39. The third-order valence-electron chi connectivity index (χ3n) is 4.39. The molecule has 3 rings (SSSR count). The van der Waals surface area contributed by atoms with Crippen LogP contribution in [0.3, 0.4) is 0 Å². The van der Waals surface area contributed by atoms with E-state index in [2.05, 4.69) is 10.1 Å². The lowest BCUT2D eigenvalue weighted by Crippen LogP contribution is -2.32. The number of anilines is 1. The van der Waals surface area contributed by atoms with E-state index in [-0.39, 0.29) is 24.3 Å². The van der Waals surface area contributed by atoms with E-state index in [9.17, 15) is 28.0 Å². The molecule has 0 atom stereocenters. The molecule has 0 saturated heterocycles. The summed E-state index contributed by atoms with van der Waals surface area (Å²) >= 11 is 0. The number of hydrogen-bond donors (Lipinski definition) is 1. The number of ether oxygens (including phenoxy) is 2. The molecular weight excluding hydrogens is 414 g/mol. The van der Waals surface area contributed by atoms with Gasteiger partial charge in [0, 0.05) is 12.2 Å². The van der Waals surface area contributed by atoms with Gasteiger partial charge in [-0.1, -0.05) is 11.6 Å². The Labute approximate surface area is 175 Å². The van der Waals surface area contributed by atoms with Crippen molar-refractivity contribution in [3.05, 3.63) is 59.2 Å². The molecule has 0 aliphatic carbocycles. The molecule has 0 spiro atoms. The van der Waals surface area contributed by atoms with Crippen LogP contribution >= 0.6 is 0 Å². The van der Waals surface area contributed by atoms with Crippen LogP contribution < -0.4 is 10.1 Å². The van der Waals surface area contributed by atoms with E-state index in [0.29, 0.717) is 11.3 Å². The molecule has 0 radical (unpaired) electrons. The Morgan fingerprint density at radius 2 is 1.71 bits per heavy atom. The van der Waals surface area contributed by atoms with Crippen LogP contribution in [0.25, 0.3) is 0 Å². The number of carbonyl (C=O) groups is 4. The molecule has 3 amide bonds. The minimum Gasteiger partial charge on any atom is -0.456 e. The molecule has 0 fully saturated rings. The van der Waals surface area contributed by atoms with Crippen molar-refractivity contribution in [1.29, 1.82) is 0 Å². The SMILES string of the molecule is Cc1ccc2c(c1)C(=O)N(CCC(=O)OCC(=O)Nc1ccc(OC(F)F)cc1)C2=O. The van der Waals surface area contributed by atoms with Gasteiger partial charge in [-0.2, -0.15) is 8.78 Å². The highest BCUT2D eigenvalue weighted by molar-refractivity contribution is 6.21. The predicted octanol–water partition coefficient (Wildman–Crippen LogP) is 2.76. The van der Waals surface area contributed by atoms with E-state index in [1.165, 1.54) is 24.3 Å². The van der Waals surface area contributed by atoms with Crippen LogP contribution in [0.15, 0.2) is 42.5 Å². The molecule has 8 nitrogen and oxygen atoms in total. The minimum atomic E-state index is -2.95. The van der Waals surface area contributed by atoms with Crippen molar-refractivity contribution in [2.24, 2.45) is 0 Å². The van der Waals surface area contributed by atoms with Crippen molar-refractivity contribution in [2.75, 3.05) is 18.5 Å². The predicted molar refractivity (Wildman–Crippen MR) is 104 cm³/mol. The number of halogens is 2. The fourth-order valence-corrected chi connectivity index (χ4v) is 2.95. The molecule has 31 heavy (non-hydrogen) atoms. The molecular formula is C21H18F2N2O6. The summed E-state index contributed by atoms with van der Waals surface area (Å²) in [5.41, 5.74) is 1.71. The molecule has 10 heteroatoms. The van der Waals surface area contributed by atoms with E-state index in [0.717, 1.165) is 10.5 Å². The molecule has 0 saturated carbocycles. The van der Waals surface area contributed by atoms with Crippen molar-refractivity contribution in [1.82, 2.24) is 4.90 Å². The van der Waals surface area contributed by atoms with Gasteiger partial charge in [-0.15, -0.1) is 0 Å². The van der Waals surface area contributed by atoms with Gasteiger partial charge >= 0.3 is 12.6 Å². The normalized spacial score (nSPS) is 12.7. The summed E-state index contributed by atoms with van der Waals surface area (Å²) in [6, 6.07) is 10.1. The highest BCUT2D eigenvalue weighted by Gasteiger charge is 2.35. The Morgan fingerprint density at radius 3 is 2.39 bits per heavy atom. The molecule has 0 aromatic heterocycles. The Bertz CT molecular complexity index is 1020. The van der Waals surface area contributed by atoms with Crippen molar-refractivity contribution in [3.63, 3.8) is 0 Å². The first kappa shape index (κ1) is 21.9. The number of rotatable bonds is 8. The number of alkyl halides is 2. The standard InChI is InChI=1S/C21H18F2N2O6/c1-12-2-7-15-16(10-12)20(29)25(19(15)28)9-8-18(27)30-11-17(26)24-13-3-5-14(6-4-13)31-21(22)23/h2-7,10,21H,8-9,11H2,1H3,(H,24,26). The van der Waals surface area contributed by atoms with Crippen molar-refractivity contribution >= 4 is 29.4 Å². The van der Waals surface area contributed by atoms with E-state index in [1.54, 1.807) is 25.1 Å². The highest BCUT2D eigenvalue weighted by atomic mass is 19.3. The first-order valence-corrected chi connectivity index (χ1v) is 9.22. The van der Waals surface area contributed by atoms with Crippen LogP contribution in [0.1, 0.15) is 32.7 Å². The number of benzene rings is 2. The maximum atomic E-state index is 12.4. The molecule has 2 aromatic carbocycles. The van der Waals surface area contributed by atoms with Crippen LogP contribution in [-0.4, -0.2) is 48.4 Å². The van der Waals surface area contributed by atoms with Crippen LogP contribution in [0.4, 0.5) is 14.5 Å². The summed E-state index contributed by atoms with van der Waals surface area (Å²) in [5.74, 6) is -2.43. The molecule has 1 heterocycles. The van der Waals surface area contributed by atoms with Crippen molar-refractivity contribution < 1.29 is 37.4 Å². The summed E-state index contributed by atoms with van der Waals surface area (Å²) < 4.78 is 33.3. The van der Waals surface area contributed by atoms with Gasteiger partial charge in [-0.05, 0) is 43.3 Å². The molecule has 1 aliphatic rings. The summed E-state index contributed by atoms with van der Waals surface area (Å²) in [5, 5.41) is 2.43. The highest BCUT2D eigenvalue weighted by Crippen LogP contribution is 2.24. The Kier molecular flexibility index (Phi) is 6.58. The zero-order valence-corrected chi connectivity index (χ0v) is 16.4. The topological polar surface area (TPSA) is 102 Å². The number of nitrogens with zero attached hydrogens (tertiary/aromatic N) is 1. The quantitative estimate of drug-likeness (QED) is 0.508. The molecule has 2 aromatic rings. The Morgan fingerprint density at radius 1 is 1.03 bits per heavy atom. The fraction of sp³-hybridized carbons (Fsp3) is 0.238. The van der Waals surface area contributed by atoms with Crippen LogP contribution in [0, 0.1) is 6.92 Å². The van der Waals surface area contributed by atoms with Gasteiger partial charge in [0.25, 0.3) is 17.7 Å². The van der Waals surface area contributed by atoms with Gasteiger partial charge in [0.05, 0.1) is 17.5 Å². The zero-order chi connectivity index (χ0) is 22.5. The maximum absolute atomic E-state index is 12.4. The van der Waals surface area contributed by atoms with Crippen molar-refractivity contribution in [2.45, 2.75) is 20.0 Å². The first-order valence-electron chi connectivity index (χ1n) is 9.22. The number of hydrogen-bond acceptors (Lipinski definition) is 6. The number of imide groups is 1. The number of esters is 1. The summed E-state index contributed by atoms with van der Waals surface area (Å²) in [6.45, 7) is -1.91. The van der Waals surface area contributed by atoms with Crippen molar-refractivity contribution in [3.8, 4) is 5.75 Å². The van der Waals surface area contributed by atoms with Gasteiger partial charge in [0.1, 0.15) is 5.75 Å². The molecule has 1 N–H and O–H groups in total. The molecule has 0 unspecified atom stereocenters. The lowest BCUT2D eigenvalue weighted by Gasteiger charge is -2.13. The number of carbonyl (C=O) groups excluding carboxylic acids is 4. The van der Waals surface area contributed by atoms with E-state index in [4.69, 9.17) is 4.74 Å². The van der Waals surface area contributed by atoms with E-state index < -0.39 is 36.9 Å². The second-order valence-electron chi connectivity index (χ2n) is 6.67. The van der Waals surface area contributed by atoms with Gasteiger partial charge < -0.3 is 14.8 Å². The van der Waals surface area contributed by atoms with Gasteiger partial charge in [0.15, 0.2) is 6.61 Å². The smallest absolute Gasteiger partial charge is 0.387 e. The average Bonchev–Trinajstić information content (AvgIpc) is 2.95. The Hall–Kier alpha value is -3.82. The second kappa shape index (κ2) is 9.33. The summed E-state index contributed by atoms with van der Waals surface area (Å²) in [4.78, 5) is 49.4. The summed E-state index contributed by atoms with van der Waals surface area (Å²) in [6.07, 6.45) is -0.266. The Balaban J connectivity index is 1.44. The first-order chi connectivity index (χ1) is 14.7. The van der Waals surface area contributed by atoms with Crippen LogP contribution in [-0.2, 0) is 14.3 Å². The number of nitrogens with one attached hydrogen (secondary N) is 1. The number of aryl methyl sites for hydroxylation is 1. The molecule has 162 valence electrons. The van der Waals surface area contributed by atoms with E-state index >= 15 is 0 Å². The largest absolute Gasteiger partial charge is 0.456 e. The van der Waals surface area contributed by atoms with Crippen LogP contribution in [0.5, 0.6) is 5.75 Å². The van der Waals surface area contributed by atoms with E-state index in [1.807, 2.05) is 0 Å². The number of fused-ring (bicyclic) bond motifs is 1.